The number of amides is 1. The third kappa shape index (κ3) is 4.69. The second-order valence-electron chi connectivity index (χ2n) is 7.83. The van der Waals surface area contributed by atoms with Gasteiger partial charge >= 0.3 is 0 Å². The van der Waals surface area contributed by atoms with Crippen LogP contribution in [0.5, 0.6) is 11.5 Å². The Bertz CT molecular complexity index is 1170. The maximum atomic E-state index is 12.8. The molecule has 1 aliphatic heterocycles. The molecular formula is C22H27N5O4S. The van der Waals surface area contributed by atoms with Gasteiger partial charge in [-0.05, 0) is 43.9 Å². The number of ether oxygens (including phenoxy) is 2. The number of carbonyl (C=O) groups is 1. The number of fused-ring (bicyclic) bond motifs is 1. The van der Waals surface area contributed by atoms with Crippen molar-refractivity contribution in [3.05, 3.63) is 45.9 Å². The lowest BCUT2D eigenvalue weighted by Crippen LogP contribution is -2.43. The molecule has 1 atom stereocenters. The first kappa shape index (κ1) is 22.1. The van der Waals surface area contributed by atoms with Crippen molar-refractivity contribution in [2.45, 2.75) is 26.2 Å². The lowest BCUT2D eigenvalue weighted by Gasteiger charge is -2.31. The van der Waals surface area contributed by atoms with Gasteiger partial charge in [0, 0.05) is 31.4 Å². The van der Waals surface area contributed by atoms with E-state index in [0.717, 1.165) is 30.1 Å². The molecule has 1 aliphatic rings. The molecule has 1 amide bonds. The van der Waals surface area contributed by atoms with Crippen LogP contribution in [0.2, 0.25) is 0 Å². The summed E-state index contributed by atoms with van der Waals surface area (Å²) < 4.78 is 11.9. The molecule has 1 fully saturated rings. The van der Waals surface area contributed by atoms with Gasteiger partial charge in [-0.2, -0.15) is 4.52 Å². The van der Waals surface area contributed by atoms with Crippen molar-refractivity contribution in [1.82, 2.24) is 19.9 Å². The summed E-state index contributed by atoms with van der Waals surface area (Å²) in [6.45, 7) is 3.73. The van der Waals surface area contributed by atoms with Crippen LogP contribution in [0, 0.1) is 12.8 Å². The van der Waals surface area contributed by atoms with E-state index in [4.69, 9.17) is 9.47 Å². The predicted octanol–water partition coefficient (Wildman–Crippen LogP) is 2.05. The van der Waals surface area contributed by atoms with Crippen molar-refractivity contribution in [3.63, 3.8) is 0 Å². The highest BCUT2D eigenvalue weighted by molar-refractivity contribution is 7.20. The molecule has 10 heteroatoms. The fourth-order valence-electron chi connectivity index (χ4n) is 3.91. The largest absolute Gasteiger partial charge is 0.493 e. The number of methoxy groups -OCH3 is 2. The molecule has 3 heterocycles. The summed E-state index contributed by atoms with van der Waals surface area (Å²) in [5.74, 6) is 1.29. The number of carbonyl (C=O) groups excluding carboxylic acids is 1. The average molecular weight is 458 g/mol. The van der Waals surface area contributed by atoms with Gasteiger partial charge in [0.15, 0.2) is 11.5 Å². The molecule has 0 spiro atoms. The molecule has 170 valence electrons. The van der Waals surface area contributed by atoms with Crippen molar-refractivity contribution >= 4 is 27.3 Å². The van der Waals surface area contributed by atoms with E-state index in [1.807, 2.05) is 18.2 Å². The van der Waals surface area contributed by atoms with Crippen LogP contribution in [0.3, 0.4) is 0 Å². The van der Waals surface area contributed by atoms with Crippen LogP contribution < -0.4 is 25.2 Å². The van der Waals surface area contributed by atoms with E-state index in [-0.39, 0.29) is 17.4 Å². The number of nitrogens with zero attached hydrogens (tertiary/aromatic N) is 4. The lowest BCUT2D eigenvalue weighted by atomic mass is 9.97. The third-order valence-corrected chi connectivity index (χ3v) is 6.56. The fourth-order valence-corrected chi connectivity index (χ4v) is 4.90. The van der Waals surface area contributed by atoms with Gasteiger partial charge in [0.25, 0.3) is 5.56 Å². The standard InChI is InChI=1S/C22H27N5O4S/c1-14-11-19(28)27-21(24-14)32-22(25-27)26-10-4-5-16(13-26)20(29)23-9-8-15-6-7-17(30-2)18(12-15)31-3/h6-7,11-12,16H,4-5,8-10,13H2,1-3H3,(H,23,29)/t16-/m1/s1. The normalized spacial score (nSPS) is 16.2. The molecule has 32 heavy (non-hydrogen) atoms. The van der Waals surface area contributed by atoms with Crippen LogP contribution in [0.4, 0.5) is 5.13 Å². The number of aryl methyl sites for hydroxylation is 1. The van der Waals surface area contributed by atoms with Gasteiger partial charge in [0.2, 0.25) is 16.0 Å². The van der Waals surface area contributed by atoms with Crippen LogP contribution in [-0.2, 0) is 11.2 Å². The number of aromatic nitrogens is 3. The molecule has 1 saturated heterocycles. The van der Waals surface area contributed by atoms with Gasteiger partial charge in [0.1, 0.15) is 0 Å². The highest BCUT2D eigenvalue weighted by atomic mass is 32.1. The molecule has 4 rings (SSSR count). The van der Waals surface area contributed by atoms with Gasteiger partial charge in [-0.15, -0.1) is 5.10 Å². The predicted molar refractivity (Wildman–Crippen MR) is 123 cm³/mol. The second-order valence-corrected chi connectivity index (χ2v) is 8.76. The Hall–Kier alpha value is -3.14. The molecular weight excluding hydrogens is 430 g/mol. The molecule has 1 aromatic carbocycles. The quantitative estimate of drug-likeness (QED) is 0.580. The Kier molecular flexibility index (Phi) is 6.59. The van der Waals surface area contributed by atoms with Crippen molar-refractivity contribution in [2.75, 3.05) is 38.8 Å². The summed E-state index contributed by atoms with van der Waals surface area (Å²) in [6, 6.07) is 7.24. The summed E-state index contributed by atoms with van der Waals surface area (Å²) in [6.07, 6.45) is 2.43. The average Bonchev–Trinajstić information content (AvgIpc) is 3.23. The molecule has 2 aromatic heterocycles. The van der Waals surface area contributed by atoms with E-state index in [2.05, 4.69) is 20.3 Å². The maximum Gasteiger partial charge on any atom is 0.275 e. The van der Waals surface area contributed by atoms with Gasteiger partial charge in [-0.3, -0.25) is 9.59 Å². The molecule has 0 bridgehead atoms. The van der Waals surface area contributed by atoms with Crippen LogP contribution in [-0.4, -0.2) is 54.4 Å². The topological polar surface area (TPSA) is 98.1 Å². The first-order chi connectivity index (χ1) is 15.5. The monoisotopic (exact) mass is 457 g/mol. The minimum Gasteiger partial charge on any atom is -0.493 e. The number of rotatable bonds is 7. The minimum absolute atomic E-state index is 0.0439. The summed E-state index contributed by atoms with van der Waals surface area (Å²) in [5, 5.41) is 8.22. The summed E-state index contributed by atoms with van der Waals surface area (Å²) in [5.41, 5.74) is 1.56. The molecule has 3 aromatic rings. The summed E-state index contributed by atoms with van der Waals surface area (Å²) in [7, 11) is 3.21. The number of nitrogens with one attached hydrogen (secondary N) is 1. The van der Waals surface area contributed by atoms with Crippen LogP contribution in [0.1, 0.15) is 24.1 Å². The summed E-state index contributed by atoms with van der Waals surface area (Å²) >= 11 is 1.38. The molecule has 0 unspecified atom stereocenters. The Balaban J connectivity index is 1.36. The van der Waals surface area contributed by atoms with Crippen LogP contribution >= 0.6 is 11.3 Å². The Morgan fingerprint density at radius 2 is 2.06 bits per heavy atom. The Labute approximate surface area is 190 Å². The van der Waals surface area contributed by atoms with Gasteiger partial charge in [-0.1, -0.05) is 17.4 Å². The second kappa shape index (κ2) is 9.56. The fraction of sp³-hybridized carbons (Fsp3) is 0.455. The highest BCUT2D eigenvalue weighted by Crippen LogP contribution is 2.28. The van der Waals surface area contributed by atoms with Gasteiger partial charge in [-0.25, -0.2) is 4.98 Å². The van der Waals surface area contributed by atoms with Crippen molar-refractivity contribution in [3.8, 4) is 11.5 Å². The third-order valence-electron chi connectivity index (χ3n) is 5.59. The van der Waals surface area contributed by atoms with E-state index in [9.17, 15) is 9.59 Å². The Morgan fingerprint density at radius 3 is 2.84 bits per heavy atom. The van der Waals surface area contributed by atoms with Gasteiger partial charge < -0.3 is 19.7 Å². The zero-order chi connectivity index (χ0) is 22.7. The zero-order valence-corrected chi connectivity index (χ0v) is 19.3. The molecule has 9 nitrogen and oxygen atoms in total. The number of hydrogen-bond acceptors (Lipinski definition) is 8. The van der Waals surface area contributed by atoms with E-state index in [1.165, 1.54) is 21.9 Å². The number of hydrogen-bond donors (Lipinski definition) is 1. The number of anilines is 1. The van der Waals surface area contributed by atoms with E-state index < -0.39 is 0 Å². The molecule has 0 saturated carbocycles. The van der Waals surface area contributed by atoms with Gasteiger partial charge in [0.05, 0.1) is 20.1 Å². The molecule has 1 N–H and O–H groups in total. The van der Waals surface area contributed by atoms with Crippen molar-refractivity contribution in [2.24, 2.45) is 5.92 Å². The van der Waals surface area contributed by atoms with Crippen LogP contribution in [0.15, 0.2) is 29.1 Å². The Morgan fingerprint density at radius 1 is 1.25 bits per heavy atom. The number of benzene rings is 1. The summed E-state index contributed by atoms with van der Waals surface area (Å²) in [4.78, 5) is 32.0. The SMILES string of the molecule is COc1ccc(CCNC(=O)[C@@H]2CCCN(c3nn4c(=O)cc(C)nc4s3)C2)cc1OC. The first-order valence-electron chi connectivity index (χ1n) is 10.6. The van der Waals surface area contributed by atoms with Crippen LogP contribution in [0.25, 0.3) is 4.96 Å². The van der Waals surface area contributed by atoms with Crippen molar-refractivity contribution < 1.29 is 14.3 Å². The smallest absolute Gasteiger partial charge is 0.275 e. The first-order valence-corrected chi connectivity index (χ1v) is 11.4. The molecule has 0 radical (unpaired) electrons. The zero-order valence-electron chi connectivity index (χ0n) is 18.5. The minimum atomic E-state index is -0.184. The highest BCUT2D eigenvalue weighted by Gasteiger charge is 2.27. The van der Waals surface area contributed by atoms with E-state index in [1.54, 1.807) is 21.1 Å². The van der Waals surface area contributed by atoms with E-state index in [0.29, 0.717) is 41.7 Å². The van der Waals surface area contributed by atoms with E-state index >= 15 is 0 Å². The molecule has 0 aliphatic carbocycles. The number of piperidine rings is 1. The lowest BCUT2D eigenvalue weighted by molar-refractivity contribution is -0.125. The maximum absolute atomic E-state index is 12.8. The van der Waals surface area contributed by atoms with Crippen molar-refractivity contribution in [1.29, 1.82) is 0 Å².